The molecule has 0 spiro atoms. The number of hydrogen-bond donors (Lipinski definition) is 0. The lowest BCUT2D eigenvalue weighted by Gasteiger charge is -2.29. The van der Waals surface area contributed by atoms with Crippen molar-refractivity contribution in [1.82, 2.24) is 0 Å². The van der Waals surface area contributed by atoms with Crippen LogP contribution in [0.1, 0.15) is 56.9 Å². The second-order valence-electron chi connectivity index (χ2n) is 9.33. The molecule has 3 aromatic carbocycles. The minimum absolute atomic E-state index is 0.208. The van der Waals surface area contributed by atoms with Crippen molar-refractivity contribution >= 4 is 0 Å². The number of rotatable bonds is 9. The lowest BCUT2D eigenvalue weighted by atomic mass is 9.97. The van der Waals surface area contributed by atoms with Crippen LogP contribution in [-0.2, 0) is 15.9 Å². The maximum atomic E-state index is 15.0. The number of ether oxygens (including phenoxy) is 2. The first-order chi connectivity index (χ1) is 17.5. The average Bonchev–Trinajstić information content (AvgIpc) is 2.90. The molecular formula is C31H33F3O2. The molecule has 3 aromatic rings. The van der Waals surface area contributed by atoms with E-state index in [1.54, 1.807) is 42.5 Å². The van der Waals surface area contributed by atoms with Crippen molar-refractivity contribution in [2.45, 2.75) is 52.2 Å². The zero-order chi connectivity index (χ0) is 25.5. The van der Waals surface area contributed by atoms with E-state index in [2.05, 4.69) is 6.92 Å². The largest absolute Gasteiger partial charge is 0.348 e. The molecule has 0 atom stereocenters. The highest BCUT2D eigenvalue weighted by Gasteiger charge is 2.25. The van der Waals surface area contributed by atoms with Crippen molar-refractivity contribution in [3.05, 3.63) is 95.3 Å². The maximum absolute atomic E-state index is 15.0. The third-order valence-corrected chi connectivity index (χ3v) is 6.69. The molecule has 1 aliphatic heterocycles. The van der Waals surface area contributed by atoms with Gasteiger partial charge in [0.25, 0.3) is 0 Å². The summed E-state index contributed by atoms with van der Waals surface area (Å²) in [7, 11) is 0. The molecule has 1 fully saturated rings. The minimum Gasteiger partial charge on any atom is -0.348 e. The van der Waals surface area contributed by atoms with Gasteiger partial charge in [-0.15, -0.1) is 0 Å². The fraction of sp³-hybridized carbons (Fsp3) is 0.355. The average molecular weight is 495 g/mol. The first kappa shape index (κ1) is 26.2. The molecule has 0 radical (unpaired) electrons. The van der Waals surface area contributed by atoms with Gasteiger partial charge in [-0.3, -0.25) is 0 Å². The molecule has 0 N–H and O–H groups in total. The Morgan fingerprint density at radius 1 is 0.861 bits per heavy atom. The Kier molecular flexibility index (Phi) is 9.00. The van der Waals surface area contributed by atoms with Crippen molar-refractivity contribution in [3.63, 3.8) is 0 Å². The molecule has 1 saturated heterocycles. The summed E-state index contributed by atoms with van der Waals surface area (Å²) < 4.78 is 55.9. The predicted molar refractivity (Wildman–Crippen MR) is 138 cm³/mol. The molecule has 1 aliphatic rings. The van der Waals surface area contributed by atoms with Gasteiger partial charge in [-0.2, -0.15) is 0 Å². The molecule has 1 heterocycles. The Bertz CT molecular complexity index is 1180. The smallest absolute Gasteiger partial charge is 0.186 e. The van der Waals surface area contributed by atoms with Gasteiger partial charge in [-0.05, 0) is 54.5 Å². The van der Waals surface area contributed by atoms with Crippen molar-refractivity contribution in [2.24, 2.45) is 5.92 Å². The van der Waals surface area contributed by atoms with Crippen LogP contribution in [0.4, 0.5) is 13.2 Å². The minimum atomic E-state index is -0.847. The summed E-state index contributed by atoms with van der Waals surface area (Å²) >= 11 is 0. The van der Waals surface area contributed by atoms with Crippen LogP contribution in [0.2, 0.25) is 0 Å². The molecular weight excluding hydrogens is 461 g/mol. The van der Waals surface area contributed by atoms with Gasteiger partial charge in [-0.1, -0.05) is 80.4 Å². The van der Waals surface area contributed by atoms with Gasteiger partial charge in [-0.25, -0.2) is 13.2 Å². The SMILES string of the molecule is C/C=C/CCc1ccc(-c2ccc(-c3ccc(C4OCC(CCCC)CO4)c(F)c3)cc2)c(F)c1F. The fourth-order valence-corrected chi connectivity index (χ4v) is 4.53. The number of unbranched alkanes of at least 4 members (excludes halogenated alkanes) is 1. The van der Waals surface area contributed by atoms with E-state index in [1.807, 2.05) is 25.1 Å². The molecule has 0 amide bonds. The van der Waals surface area contributed by atoms with Gasteiger partial charge >= 0.3 is 0 Å². The molecule has 0 unspecified atom stereocenters. The highest BCUT2D eigenvalue weighted by atomic mass is 19.2. The highest BCUT2D eigenvalue weighted by Crippen LogP contribution is 2.33. The first-order valence-corrected chi connectivity index (χ1v) is 12.7. The molecule has 0 saturated carbocycles. The van der Waals surface area contributed by atoms with Crippen LogP contribution >= 0.6 is 0 Å². The van der Waals surface area contributed by atoms with Crippen LogP contribution in [0.3, 0.4) is 0 Å². The summed E-state index contributed by atoms with van der Waals surface area (Å²) in [5.74, 6) is -1.69. The van der Waals surface area contributed by atoms with Gasteiger partial charge < -0.3 is 9.47 Å². The van der Waals surface area contributed by atoms with Crippen molar-refractivity contribution in [1.29, 1.82) is 0 Å². The van der Waals surface area contributed by atoms with Gasteiger partial charge in [0.1, 0.15) is 5.82 Å². The molecule has 4 rings (SSSR count). The lowest BCUT2D eigenvalue weighted by molar-refractivity contribution is -0.207. The number of aryl methyl sites for hydroxylation is 1. The molecule has 190 valence electrons. The fourth-order valence-electron chi connectivity index (χ4n) is 4.53. The van der Waals surface area contributed by atoms with E-state index in [0.29, 0.717) is 54.2 Å². The molecule has 0 aromatic heterocycles. The van der Waals surface area contributed by atoms with Crippen LogP contribution in [0.15, 0.2) is 66.7 Å². The van der Waals surface area contributed by atoms with E-state index < -0.39 is 23.7 Å². The standard InChI is InChI=1S/C31H33F3O2/c1-3-5-7-9-24-14-16-26(30(34)29(24)33)23-12-10-22(11-13-23)25-15-17-27(28(32)18-25)31-35-19-21(20-36-31)8-6-4-2/h3,5,10-18,21,31H,4,6-9,19-20H2,1-2H3/b5-3+. The summed E-state index contributed by atoms with van der Waals surface area (Å²) in [6, 6.07) is 15.2. The number of hydrogen-bond acceptors (Lipinski definition) is 2. The first-order valence-electron chi connectivity index (χ1n) is 12.7. The maximum Gasteiger partial charge on any atom is 0.186 e. The zero-order valence-corrected chi connectivity index (χ0v) is 20.9. The topological polar surface area (TPSA) is 18.5 Å². The normalized spacial score (nSPS) is 18.1. The van der Waals surface area contributed by atoms with Crippen LogP contribution in [0.5, 0.6) is 0 Å². The quantitative estimate of drug-likeness (QED) is 0.277. The van der Waals surface area contributed by atoms with E-state index >= 15 is 0 Å². The van der Waals surface area contributed by atoms with Crippen LogP contribution in [0.25, 0.3) is 22.3 Å². The Labute approximate surface area is 211 Å². The second-order valence-corrected chi connectivity index (χ2v) is 9.33. The van der Waals surface area contributed by atoms with Gasteiger partial charge in [0, 0.05) is 17.0 Å². The predicted octanol–water partition coefficient (Wildman–Crippen LogP) is 8.80. The second kappa shape index (κ2) is 12.4. The summed E-state index contributed by atoms with van der Waals surface area (Å²) in [5, 5.41) is 0. The van der Waals surface area contributed by atoms with E-state index in [9.17, 15) is 13.2 Å². The van der Waals surface area contributed by atoms with Gasteiger partial charge in [0.15, 0.2) is 17.9 Å². The Morgan fingerprint density at radius 3 is 2.22 bits per heavy atom. The van der Waals surface area contributed by atoms with Crippen molar-refractivity contribution < 1.29 is 22.6 Å². The van der Waals surface area contributed by atoms with E-state index in [0.717, 1.165) is 24.8 Å². The number of allylic oxidation sites excluding steroid dienone is 2. The van der Waals surface area contributed by atoms with Gasteiger partial charge in [0.05, 0.1) is 13.2 Å². The summed E-state index contributed by atoms with van der Waals surface area (Å²) in [6.07, 6.45) is 7.55. The Hall–Kier alpha value is -2.89. The third-order valence-electron chi connectivity index (χ3n) is 6.69. The van der Waals surface area contributed by atoms with Crippen molar-refractivity contribution in [2.75, 3.05) is 13.2 Å². The molecule has 0 aliphatic carbocycles. The summed E-state index contributed by atoms with van der Waals surface area (Å²) in [4.78, 5) is 0. The summed E-state index contributed by atoms with van der Waals surface area (Å²) in [6.45, 7) is 5.19. The van der Waals surface area contributed by atoms with Crippen LogP contribution in [-0.4, -0.2) is 13.2 Å². The van der Waals surface area contributed by atoms with Crippen LogP contribution < -0.4 is 0 Å². The summed E-state index contributed by atoms with van der Waals surface area (Å²) in [5.41, 5.74) is 2.98. The van der Waals surface area contributed by atoms with E-state index in [4.69, 9.17) is 9.47 Å². The van der Waals surface area contributed by atoms with Gasteiger partial charge in [0.2, 0.25) is 0 Å². The molecule has 36 heavy (non-hydrogen) atoms. The Balaban J connectivity index is 1.46. The molecule has 5 heteroatoms. The highest BCUT2D eigenvalue weighted by molar-refractivity contribution is 5.71. The lowest BCUT2D eigenvalue weighted by Crippen LogP contribution is -2.27. The monoisotopic (exact) mass is 494 g/mol. The van der Waals surface area contributed by atoms with E-state index in [1.165, 1.54) is 6.07 Å². The molecule has 0 bridgehead atoms. The Morgan fingerprint density at radius 2 is 1.56 bits per heavy atom. The number of halogens is 3. The van der Waals surface area contributed by atoms with Crippen LogP contribution in [0, 0.1) is 23.4 Å². The molecule has 2 nitrogen and oxygen atoms in total. The third kappa shape index (κ3) is 6.08. The van der Waals surface area contributed by atoms with E-state index in [-0.39, 0.29) is 5.56 Å². The zero-order valence-electron chi connectivity index (χ0n) is 20.9. The van der Waals surface area contributed by atoms with Crippen molar-refractivity contribution in [3.8, 4) is 22.3 Å². The number of benzene rings is 3.